The Kier molecular flexibility index (Phi) is 6.90. The summed E-state index contributed by atoms with van der Waals surface area (Å²) >= 11 is 0. The number of rotatable bonds is 9. The number of alkyl halides is 2. The van der Waals surface area contributed by atoms with Crippen molar-refractivity contribution in [2.75, 3.05) is 19.8 Å². The lowest BCUT2D eigenvalue weighted by atomic mass is 10.4. The smallest absolute Gasteiger partial charge is 0.321 e. The minimum absolute atomic E-state index is 0.235. The van der Waals surface area contributed by atoms with E-state index in [-0.39, 0.29) is 25.1 Å². The maximum absolute atomic E-state index is 14.9. The van der Waals surface area contributed by atoms with Gasteiger partial charge >= 0.3 is 20.4 Å². The second kappa shape index (κ2) is 7.80. The van der Waals surface area contributed by atoms with Gasteiger partial charge in [-0.3, -0.25) is 9.13 Å². The molecule has 0 spiro atoms. The van der Waals surface area contributed by atoms with E-state index in [1.54, 1.807) is 6.07 Å². The quantitative estimate of drug-likeness (QED) is 0.612. The standard InChI is InChI=1S/C13H20F2O5P2/c1-4-18-21(16,12-10-8-7-9-11-12)13(14,15)22(17,19-5-2)20-6-3/h7-11H,4-6H2,1-3H3/t21-/m0/s1. The second-order valence-corrected chi connectivity index (χ2v) is 9.01. The van der Waals surface area contributed by atoms with Crippen molar-refractivity contribution in [3.63, 3.8) is 0 Å². The van der Waals surface area contributed by atoms with Crippen molar-refractivity contribution in [1.29, 1.82) is 0 Å². The molecular formula is C13H20F2O5P2. The summed E-state index contributed by atoms with van der Waals surface area (Å²) in [7, 11) is -9.76. The highest BCUT2D eigenvalue weighted by atomic mass is 31.2. The van der Waals surface area contributed by atoms with Crippen LogP contribution < -0.4 is 5.30 Å². The van der Waals surface area contributed by atoms with Crippen LogP contribution in [0.15, 0.2) is 30.3 Å². The molecule has 22 heavy (non-hydrogen) atoms. The first-order chi connectivity index (χ1) is 10.3. The van der Waals surface area contributed by atoms with Crippen LogP contribution in [0.25, 0.3) is 0 Å². The van der Waals surface area contributed by atoms with Crippen LogP contribution in [0.3, 0.4) is 0 Å². The van der Waals surface area contributed by atoms with E-state index in [2.05, 4.69) is 9.05 Å². The fourth-order valence-electron chi connectivity index (χ4n) is 1.81. The minimum atomic E-state index is -4.96. The van der Waals surface area contributed by atoms with Gasteiger partial charge in [-0.05, 0) is 32.9 Å². The molecule has 0 fully saturated rings. The lowest BCUT2D eigenvalue weighted by Gasteiger charge is -2.31. The molecule has 0 saturated heterocycles. The molecule has 5 nitrogen and oxygen atoms in total. The van der Waals surface area contributed by atoms with Crippen LogP contribution in [-0.4, -0.2) is 25.2 Å². The van der Waals surface area contributed by atoms with Crippen LogP contribution >= 0.6 is 15.0 Å². The zero-order chi connectivity index (χ0) is 16.9. The molecule has 0 bridgehead atoms. The summed E-state index contributed by atoms with van der Waals surface area (Å²) in [4.78, 5) is 0. The third-order valence-corrected chi connectivity index (χ3v) is 8.38. The Bertz CT molecular complexity index is 555. The summed E-state index contributed by atoms with van der Waals surface area (Å²) in [5.74, 6) is 0. The van der Waals surface area contributed by atoms with Gasteiger partial charge in [-0.1, -0.05) is 18.2 Å². The molecule has 126 valence electrons. The highest BCUT2D eigenvalue weighted by Crippen LogP contribution is 2.78. The first kappa shape index (κ1) is 19.5. The molecule has 0 N–H and O–H groups in total. The molecule has 0 aromatic heterocycles. The molecule has 1 rings (SSSR count). The molecule has 0 amide bonds. The van der Waals surface area contributed by atoms with Crippen molar-refractivity contribution in [3.8, 4) is 0 Å². The molecular weight excluding hydrogens is 336 g/mol. The summed E-state index contributed by atoms with van der Waals surface area (Å²) in [6, 6.07) is 6.97. The zero-order valence-corrected chi connectivity index (χ0v) is 14.5. The van der Waals surface area contributed by atoms with Crippen molar-refractivity contribution >= 4 is 20.3 Å². The van der Waals surface area contributed by atoms with Gasteiger partial charge < -0.3 is 13.6 Å². The summed E-state index contributed by atoms with van der Waals surface area (Å²) in [6.07, 6.45) is 0. The van der Waals surface area contributed by atoms with Crippen molar-refractivity contribution in [1.82, 2.24) is 0 Å². The van der Waals surface area contributed by atoms with Gasteiger partial charge in [0.1, 0.15) is 0 Å². The Morgan fingerprint density at radius 1 is 0.909 bits per heavy atom. The van der Waals surface area contributed by atoms with E-state index >= 15 is 0 Å². The second-order valence-electron chi connectivity index (χ2n) is 4.15. The number of hydrogen-bond donors (Lipinski definition) is 0. The molecule has 9 heteroatoms. The lowest BCUT2D eigenvalue weighted by Crippen LogP contribution is -2.28. The average Bonchev–Trinajstić information content (AvgIpc) is 2.48. The van der Waals surface area contributed by atoms with Gasteiger partial charge in [0.05, 0.1) is 19.8 Å². The monoisotopic (exact) mass is 356 g/mol. The normalized spacial score (nSPS) is 15.5. The summed E-state index contributed by atoms with van der Waals surface area (Å²) in [6.45, 7) is 3.45. The third-order valence-electron chi connectivity index (χ3n) is 2.69. The first-order valence-electron chi connectivity index (χ1n) is 6.86. The first-order valence-corrected chi connectivity index (χ1v) is 10.0. The fraction of sp³-hybridized carbons (Fsp3) is 0.538. The molecule has 1 aromatic rings. The third kappa shape index (κ3) is 3.50. The van der Waals surface area contributed by atoms with Gasteiger partial charge in [0.15, 0.2) is 0 Å². The Morgan fingerprint density at radius 2 is 1.36 bits per heavy atom. The van der Waals surface area contributed by atoms with Gasteiger partial charge in [0.2, 0.25) is 0 Å². The van der Waals surface area contributed by atoms with Gasteiger partial charge in [-0.2, -0.15) is 8.78 Å². The summed E-state index contributed by atoms with van der Waals surface area (Å²) in [5, 5.41) is -4.52. The Hall–Kier alpha value is -0.580. The molecule has 0 unspecified atom stereocenters. The van der Waals surface area contributed by atoms with Crippen LogP contribution in [0.1, 0.15) is 20.8 Å². The molecule has 1 atom stereocenters. The van der Waals surface area contributed by atoms with Crippen molar-refractivity contribution in [2.24, 2.45) is 0 Å². The van der Waals surface area contributed by atoms with Crippen LogP contribution in [-0.2, 0) is 22.7 Å². The molecule has 0 saturated carbocycles. The SMILES string of the molecule is CCOP(=O)(OCC)C(F)(F)[P@@](=O)(OCC)c1ccccc1. The van der Waals surface area contributed by atoms with E-state index in [1.807, 2.05) is 0 Å². The Labute approximate surface area is 128 Å². The topological polar surface area (TPSA) is 61.8 Å². The van der Waals surface area contributed by atoms with Gasteiger partial charge in [-0.25, -0.2) is 0 Å². The van der Waals surface area contributed by atoms with Gasteiger partial charge in [0.25, 0.3) is 0 Å². The molecule has 1 aromatic carbocycles. The minimum Gasteiger partial charge on any atom is -0.321 e. The van der Waals surface area contributed by atoms with Crippen LogP contribution in [0, 0.1) is 0 Å². The van der Waals surface area contributed by atoms with E-state index in [0.29, 0.717) is 0 Å². The predicted molar refractivity (Wildman–Crippen MR) is 81.1 cm³/mol. The highest BCUT2D eigenvalue weighted by Gasteiger charge is 2.67. The molecule has 0 aliphatic rings. The van der Waals surface area contributed by atoms with Crippen LogP contribution in [0.4, 0.5) is 8.78 Å². The summed E-state index contributed by atoms with van der Waals surface area (Å²) < 4.78 is 69.4. The maximum atomic E-state index is 14.9. The van der Waals surface area contributed by atoms with E-state index in [1.165, 1.54) is 45.0 Å². The largest absolute Gasteiger partial charge is 0.422 e. The van der Waals surface area contributed by atoms with Crippen molar-refractivity contribution < 1.29 is 31.5 Å². The maximum Gasteiger partial charge on any atom is 0.422 e. The summed E-state index contributed by atoms with van der Waals surface area (Å²) in [5.41, 5.74) is 0. The fourth-order valence-corrected chi connectivity index (χ4v) is 6.57. The Balaban J connectivity index is 3.46. The number of halogens is 2. The number of benzene rings is 1. The van der Waals surface area contributed by atoms with Gasteiger partial charge in [0, 0.05) is 5.30 Å². The van der Waals surface area contributed by atoms with Gasteiger partial charge in [-0.15, -0.1) is 0 Å². The van der Waals surface area contributed by atoms with Crippen LogP contribution in [0.2, 0.25) is 0 Å². The Morgan fingerprint density at radius 3 is 1.77 bits per heavy atom. The molecule has 0 aliphatic heterocycles. The van der Waals surface area contributed by atoms with Crippen molar-refractivity contribution in [2.45, 2.75) is 26.2 Å². The van der Waals surface area contributed by atoms with E-state index in [9.17, 15) is 17.9 Å². The molecule has 0 radical (unpaired) electrons. The van der Waals surface area contributed by atoms with Crippen molar-refractivity contribution in [3.05, 3.63) is 30.3 Å². The average molecular weight is 356 g/mol. The predicted octanol–water partition coefficient (Wildman–Crippen LogP) is 4.44. The molecule has 0 heterocycles. The number of hydrogen-bond acceptors (Lipinski definition) is 5. The van der Waals surface area contributed by atoms with E-state index in [4.69, 9.17) is 4.52 Å². The zero-order valence-electron chi connectivity index (χ0n) is 12.7. The van der Waals surface area contributed by atoms with E-state index < -0.39 is 20.4 Å². The highest BCUT2D eigenvalue weighted by molar-refractivity contribution is 7.80. The lowest BCUT2D eigenvalue weighted by molar-refractivity contribution is 0.0898. The van der Waals surface area contributed by atoms with Crippen LogP contribution in [0.5, 0.6) is 0 Å². The van der Waals surface area contributed by atoms with E-state index in [0.717, 1.165) is 0 Å². The molecule has 0 aliphatic carbocycles.